The van der Waals surface area contributed by atoms with Crippen LogP contribution in [0.5, 0.6) is 11.6 Å². The molecule has 0 aliphatic carbocycles. The van der Waals surface area contributed by atoms with Crippen molar-refractivity contribution < 1.29 is 18.7 Å². The maximum absolute atomic E-state index is 12.2. The van der Waals surface area contributed by atoms with Crippen LogP contribution in [-0.2, 0) is 4.79 Å². The third-order valence-corrected chi connectivity index (χ3v) is 3.03. The molecule has 0 atom stereocenters. The second-order valence-corrected chi connectivity index (χ2v) is 4.44. The SMILES string of the molecule is COc1ncccc1N(C)C(=O)COc1c(C)occc1=O. The van der Waals surface area contributed by atoms with E-state index in [9.17, 15) is 9.59 Å². The largest absolute Gasteiger partial charge is 0.480 e. The minimum absolute atomic E-state index is 0.0300. The number of rotatable bonds is 5. The summed E-state index contributed by atoms with van der Waals surface area (Å²) in [5.41, 5.74) is 0.175. The van der Waals surface area contributed by atoms with Crippen LogP contribution in [0, 0.1) is 6.92 Å². The number of likely N-dealkylation sites (N-methyl/N-ethyl adjacent to an activating group) is 1. The molecule has 0 fully saturated rings. The molecular weight excluding hydrogens is 288 g/mol. The number of nitrogens with zero attached hydrogens (tertiary/aromatic N) is 2. The Balaban J connectivity index is 2.11. The highest BCUT2D eigenvalue weighted by Gasteiger charge is 2.17. The molecular formula is C15H16N2O5. The van der Waals surface area contributed by atoms with E-state index in [1.54, 1.807) is 32.3 Å². The van der Waals surface area contributed by atoms with Gasteiger partial charge in [-0.2, -0.15) is 0 Å². The van der Waals surface area contributed by atoms with Crippen LogP contribution in [0.4, 0.5) is 5.69 Å². The molecule has 116 valence electrons. The predicted octanol–water partition coefficient (Wildman–Crippen LogP) is 1.39. The van der Waals surface area contributed by atoms with Crippen molar-refractivity contribution >= 4 is 11.6 Å². The van der Waals surface area contributed by atoms with E-state index in [1.165, 1.54) is 24.3 Å². The normalized spacial score (nSPS) is 10.1. The number of methoxy groups -OCH3 is 1. The second-order valence-electron chi connectivity index (χ2n) is 4.44. The molecule has 0 saturated heterocycles. The number of ether oxygens (including phenoxy) is 2. The molecule has 7 nitrogen and oxygen atoms in total. The Morgan fingerprint density at radius 1 is 1.41 bits per heavy atom. The molecule has 0 spiro atoms. The van der Waals surface area contributed by atoms with Gasteiger partial charge in [-0.15, -0.1) is 0 Å². The first-order chi connectivity index (χ1) is 10.5. The molecule has 0 unspecified atom stereocenters. The number of anilines is 1. The quantitative estimate of drug-likeness (QED) is 0.830. The summed E-state index contributed by atoms with van der Waals surface area (Å²) in [6.07, 6.45) is 2.84. The molecule has 0 radical (unpaired) electrons. The third-order valence-electron chi connectivity index (χ3n) is 3.03. The number of hydrogen-bond acceptors (Lipinski definition) is 6. The number of pyridine rings is 1. The topological polar surface area (TPSA) is 81.9 Å². The van der Waals surface area contributed by atoms with Gasteiger partial charge < -0.3 is 18.8 Å². The van der Waals surface area contributed by atoms with Crippen molar-refractivity contribution in [2.75, 3.05) is 25.7 Å². The summed E-state index contributed by atoms with van der Waals surface area (Å²) in [6, 6.07) is 4.63. The summed E-state index contributed by atoms with van der Waals surface area (Å²) >= 11 is 0. The van der Waals surface area contributed by atoms with Crippen LogP contribution >= 0.6 is 0 Å². The first-order valence-corrected chi connectivity index (χ1v) is 6.51. The van der Waals surface area contributed by atoms with Gasteiger partial charge in [0.15, 0.2) is 6.61 Å². The maximum atomic E-state index is 12.2. The van der Waals surface area contributed by atoms with Crippen molar-refractivity contribution in [3.8, 4) is 11.6 Å². The molecule has 0 aromatic carbocycles. The lowest BCUT2D eigenvalue weighted by Gasteiger charge is -2.19. The van der Waals surface area contributed by atoms with E-state index in [0.29, 0.717) is 17.3 Å². The molecule has 0 saturated carbocycles. The van der Waals surface area contributed by atoms with Crippen LogP contribution in [0.3, 0.4) is 0 Å². The lowest BCUT2D eigenvalue weighted by atomic mass is 10.3. The molecule has 2 heterocycles. The van der Waals surface area contributed by atoms with Crippen LogP contribution in [-0.4, -0.2) is 31.7 Å². The smallest absolute Gasteiger partial charge is 0.264 e. The van der Waals surface area contributed by atoms with Crippen LogP contribution in [0.25, 0.3) is 0 Å². The van der Waals surface area contributed by atoms with Crippen molar-refractivity contribution in [2.24, 2.45) is 0 Å². The van der Waals surface area contributed by atoms with E-state index in [2.05, 4.69) is 4.98 Å². The van der Waals surface area contributed by atoms with E-state index < -0.39 is 0 Å². The van der Waals surface area contributed by atoms with E-state index >= 15 is 0 Å². The minimum atomic E-state index is -0.353. The summed E-state index contributed by atoms with van der Waals surface area (Å²) in [7, 11) is 3.05. The van der Waals surface area contributed by atoms with Crippen molar-refractivity contribution in [3.63, 3.8) is 0 Å². The summed E-state index contributed by atoms with van der Waals surface area (Å²) in [5, 5.41) is 0. The zero-order valence-corrected chi connectivity index (χ0v) is 12.5. The van der Waals surface area contributed by atoms with E-state index in [4.69, 9.17) is 13.9 Å². The number of aryl methyl sites for hydroxylation is 1. The third kappa shape index (κ3) is 3.25. The highest BCUT2D eigenvalue weighted by molar-refractivity contribution is 5.95. The van der Waals surface area contributed by atoms with E-state index in [0.717, 1.165) is 0 Å². The molecule has 2 aromatic heterocycles. The summed E-state index contributed by atoms with van der Waals surface area (Å²) < 4.78 is 15.5. The van der Waals surface area contributed by atoms with Gasteiger partial charge in [-0.05, 0) is 19.1 Å². The monoisotopic (exact) mass is 304 g/mol. The average Bonchev–Trinajstić information content (AvgIpc) is 2.53. The molecule has 2 rings (SSSR count). The van der Waals surface area contributed by atoms with Crippen molar-refractivity contribution in [3.05, 3.63) is 46.6 Å². The molecule has 7 heteroatoms. The van der Waals surface area contributed by atoms with Crippen molar-refractivity contribution in [1.82, 2.24) is 4.98 Å². The zero-order chi connectivity index (χ0) is 16.1. The second kappa shape index (κ2) is 6.75. The first-order valence-electron chi connectivity index (χ1n) is 6.51. The van der Waals surface area contributed by atoms with Gasteiger partial charge in [0.25, 0.3) is 5.91 Å². The molecule has 0 bridgehead atoms. The van der Waals surface area contributed by atoms with Gasteiger partial charge in [-0.25, -0.2) is 4.98 Å². The molecule has 0 aliphatic heterocycles. The predicted molar refractivity (Wildman–Crippen MR) is 79.4 cm³/mol. The summed E-state index contributed by atoms with van der Waals surface area (Å²) in [4.78, 5) is 29.2. The fourth-order valence-electron chi connectivity index (χ4n) is 1.83. The highest BCUT2D eigenvalue weighted by Crippen LogP contribution is 2.23. The Morgan fingerprint density at radius 3 is 2.86 bits per heavy atom. The van der Waals surface area contributed by atoms with Gasteiger partial charge in [0.2, 0.25) is 17.1 Å². The number of carbonyl (C=O) groups is 1. The number of aromatic nitrogens is 1. The van der Waals surface area contributed by atoms with E-state index in [1.807, 2.05) is 0 Å². The van der Waals surface area contributed by atoms with Gasteiger partial charge >= 0.3 is 0 Å². The van der Waals surface area contributed by atoms with Crippen LogP contribution in [0.2, 0.25) is 0 Å². The van der Waals surface area contributed by atoms with Crippen molar-refractivity contribution in [1.29, 1.82) is 0 Å². The Morgan fingerprint density at radius 2 is 2.18 bits per heavy atom. The Kier molecular flexibility index (Phi) is 4.77. The van der Waals surface area contributed by atoms with E-state index in [-0.39, 0.29) is 23.7 Å². The maximum Gasteiger partial charge on any atom is 0.264 e. The summed E-state index contributed by atoms with van der Waals surface area (Å²) in [6.45, 7) is 1.29. The Bertz CT molecular complexity index is 726. The van der Waals surface area contributed by atoms with Gasteiger partial charge in [0.05, 0.1) is 13.4 Å². The molecule has 0 N–H and O–H groups in total. The van der Waals surface area contributed by atoms with Crippen LogP contribution in [0.1, 0.15) is 5.76 Å². The minimum Gasteiger partial charge on any atom is -0.480 e. The van der Waals surface area contributed by atoms with Gasteiger partial charge in [0.1, 0.15) is 11.4 Å². The van der Waals surface area contributed by atoms with Crippen molar-refractivity contribution in [2.45, 2.75) is 6.92 Å². The average molecular weight is 304 g/mol. The molecule has 0 aliphatic rings. The van der Waals surface area contributed by atoms with Gasteiger partial charge in [-0.3, -0.25) is 9.59 Å². The fraction of sp³-hybridized carbons (Fsp3) is 0.267. The number of carbonyl (C=O) groups excluding carboxylic acids is 1. The zero-order valence-electron chi connectivity index (χ0n) is 12.5. The molecule has 1 amide bonds. The number of amides is 1. The van der Waals surface area contributed by atoms with Crippen LogP contribution in [0.15, 0.2) is 39.9 Å². The van der Waals surface area contributed by atoms with Crippen LogP contribution < -0.4 is 19.8 Å². The highest BCUT2D eigenvalue weighted by atomic mass is 16.5. The van der Waals surface area contributed by atoms with Gasteiger partial charge in [-0.1, -0.05) is 0 Å². The summed E-state index contributed by atoms with van der Waals surface area (Å²) in [5.74, 6) is 0.326. The standard InChI is InChI=1S/C15H16N2O5/c1-10-14(12(18)6-8-21-10)22-9-13(19)17(2)11-5-4-7-16-15(11)20-3/h4-8H,9H2,1-3H3. The molecule has 22 heavy (non-hydrogen) atoms. The Hall–Kier alpha value is -2.83. The first kappa shape index (κ1) is 15.6. The number of hydrogen-bond donors (Lipinski definition) is 0. The lowest BCUT2D eigenvalue weighted by molar-refractivity contribution is -0.120. The van der Waals surface area contributed by atoms with Gasteiger partial charge in [0, 0.05) is 19.3 Å². The lowest BCUT2D eigenvalue weighted by Crippen LogP contribution is -2.32. The Labute approximate surface area is 127 Å². The fourth-order valence-corrected chi connectivity index (χ4v) is 1.83. The molecule has 2 aromatic rings.